The van der Waals surface area contributed by atoms with E-state index in [-0.39, 0.29) is 5.56 Å². The van der Waals surface area contributed by atoms with Gasteiger partial charge in [-0.2, -0.15) is 0 Å². The van der Waals surface area contributed by atoms with Crippen LogP contribution >= 0.6 is 11.5 Å². The molecule has 6 nitrogen and oxygen atoms in total. The summed E-state index contributed by atoms with van der Waals surface area (Å²) in [5.41, 5.74) is 6.89. The molecule has 0 bridgehead atoms. The first-order valence-corrected chi connectivity index (χ1v) is 6.04. The van der Waals surface area contributed by atoms with E-state index in [1.807, 2.05) is 12.1 Å². The number of para-hydroxylation sites is 1. The van der Waals surface area contributed by atoms with Crippen molar-refractivity contribution in [1.82, 2.24) is 19.1 Å². The van der Waals surface area contributed by atoms with Gasteiger partial charge < -0.3 is 5.73 Å². The number of hydrogen-bond donors (Lipinski definition) is 1. The van der Waals surface area contributed by atoms with Crippen LogP contribution in [0.15, 0.2) is 35.4 Å². The second-order valence-corrected chi connectivity index (χ2v) is 4.56. The molecule has 2 heterocycles. The molecular weight excluding hydrogens is 250 g/mol. The summed E-state index contributed by atoms with van der Waals surface area (Å²) >= 11 is 1.11. The van der Waals surface area contributed by atoms with Gasteiger partial charge in [0.15, 0.2) is 0 Å². The van der Waals surface area contributed by atoms with Gasteiger partial charge in [-0.05, 0) is 12.1 Å². The van der Waals surface area contributed by atoms with Gasteiger partial charge in [-0.25, -0.2) is 4.98 Å². The Hall–Kier alpha value is -2.28. The zero-order chi connectivity index (χ0) is 12.5. The lowest BCUT2D eigenvalue weighted by atomic mass is 10.2. The maximum Gasteiger partial charge on any atom is 0.261 e. The third-order valence-corrected chi connectivity index (χ3v) is 3.23. The lowest BCUT2D eigenvalue weighted by Gasteiger charge is -2.04. The molecule has 3 aromatic rings. The molecule has 0 unspecified atom stereocenters. The molecule has 90 valence electrons. The molecule has 0 fully saturated rings. The van der Waals surface area contributed by atoms with Crippen molar-refractivity contribution < 1.29 is 0 Å². The van der Waals surface area contributed by atoms with Crippen LogP contribution in [0.25, 0.3) is 10.9 Å². The van der Waals surface area contributed by atoms with E-state index in [1.54, 1.807) is 12.1 Å². The fourth-order valence-corrected chi connectivity index (χ4v) is 2.14. The summed E-state index contributed by atoms with van der Waals surface area (Å²) in [7, 11) is 0. The highest BCUT2D eigenvalue weighted by Gasteiger charge is 2.08. The number of aromatic nitrogens is 4. The molecule has 2 N–H and O–H groups in total. The van der Waals surface area contributed by atoms with Crippen molar-refractivity contribution in [3.8, 4) is 0 Å². The fourth-order valence-electron chi connectivity index (χ4n) is 1.71. The number of rotatable bonds is 2. The summed E-state index contributed by atoms with van der Waals surface area (Å²) in [4.78, 5) is 16.4. The summed E-state index contributed by atoms with van der Waals surface area (Å²) in [5, 5.41) is 5.00. The standard InChI is InChI=1S/C11H9N5OS/c12-10-9(14-15-18-10)5-16-6-13-8-4-2-1-3-7(8)11(16)17/h1-4,6H,5,12H2. The quantitative estimate of drug-likeness (QED) is 0.738. The van der Waals surface area contributed by atoms with Crippen LogP contribution in [0.5, 0.6) is 0 Å². The third kappa shape index (κ3) is 1.74. The molecule has 0 amide bonds. The lowest BCUT2D eigenvalue weighted by molar-refractivity contribution is 0.728. The summed E-state index contributed by atoms with van der Waals surface area (Å²) in [6.07, 6.45) is 1.50. The highest BCUT2D eigenvalue weighted by molar-refractivity contribution is 7.09. The molecular formula is C11H9N5OS. The molecule has 3 rings (SSSR count). The van der Waals surface area contributed by atoms with E-state index < -0.39 is 0 Å². The number of nitrogens with zero attached hydrogens (tertiary/aromatic N) is 4. The molecule has 0 aliphatic rings. The molecule has 0 atom stereocenters. The van der Waals surface area contributed by atoms with Crippen LogP contribution in [-0.4, -0.2) is 19.1 Å². The van der Waals surface area contributed by atoms with E-state index in [9.17, 15) is 4.79 Å². The van der Waals surface area contributed by atoms with Crippen LogP contribution in [0.2, 0.25) is 0 Å². The fraction of sp³-hybridized carbons (Fsp3) is 0.0909. The topological polar surface area (TPSA) is 86.7 Å². The van der Waals surface area contributed by atoms with E-state index in [2.05, 4.69) is 14.6 Å². The van der Waals surface area contributed by atoms with Crippen molar-refractivity contribution in [3.63, 3.8) is 0 Å². The summed E-state index contributed by atoms with van der Waals surface area (Å²) in [6, 6.07) is 7.22. The van der Waals surface area contributed by atoms with Gasteiger partial charge >= 0.3 is 0 Å². The second kappa shape index (κ2) is 4.19. The number of nitrogens with two attached hydrogens (primary N) is 1. The molecule has 18 heavy (non-hydrogen) atoms. The first-order valence-electron chi connectivity index (χ1n) is 5.26. The number of hydrogen-bond acceptors (Lipinski definition) is 6. The van der Waals surface area contributed by atoms with Crippen LogP contribution in [0, 0.1) is 0 Å². The predicted molar refractivity (Wildman–Crippen MR) is 69.4 cm³/mol. The van der Waals surface area contributed by atoms with Crippen LogP contribution in [-0.2, 0) is 6.54 Å². The predicted octanol–water partition coefficient (Wildman–Crippen LogP) is 0.879. The average molecular weight is 259 g/mol. The summed E-state index contributed by atoms with van der Waals surface area (Å²) < 4.78 is 5.22. The molecule has 0 saturated carbocycles. The minimum Gasteiger partial charge on any atom is -0.388 e. The number of nitrogen functional groups attached to an aromatic ring is 1. The van der Waals surface area contributed by atoms with Crippen molar-refractivity contribution >= 4 is 27.4 Å². The van der Waals surface area contributed by atoms with Crippen LogP contribution in [0.4, 0.5) is 5.00 Å². The molecule has 2 aromatic heterocycles. The van der Waals surface area contributed by atoms with Gasteiger partial charge in [-0.3, -0.25) is 9.36 Å². The number of fused-ring (bicyclic) bond motifs is 1. The molecule has 0 aliphatic carbocycles. The molecule has 0 radical (unpaired) electrons. The Bertz CT molecular complexity index is 763. The molecule has 0 spiro atoms. The molecule has 1 aromatic carbocycles. The van der Waals surface area contributed by atoms with Gasteiger partial charge in [0.05, 0.1) is 23.8 Å². The first kappa shape index (κ1) is 10.8. The Morgan fingerprint density at radius 3 is 2.94 bits per heavy atom. The van der Waals surface area contributed by atoms with Gasteiger partial charge in [0, 0.05) is 11.5 Å². The first-order chi connectivity index (χ1) is 8.75. The van der Waals surface area contributed by atoms with Gasteiger partial charge in [0.2, 0.25) is 0 Å². The lowest BCUT2D eigenvalue weighted by Crippen LogP contribution is -2.21. The van der Waals surface area contributed by atoms with E-state index in [1.165, 1.54) is 10.9 Å². The van der Waals surface area contributed by atoms with E-state index in [0.29, 0.717) is 28.1 Å². The van der Waals surface area contributed by atoms with E-state index in [4.69, 9.17) is 5.73 Å². The number of benzene rings is 1. The van der Waals surface area contributed by atoms with Crippen LogP contribution < -0.4 is 11.3 Å². The second-order valence-electron chi connectivity index (χ2n) is 3.78. The summed E-state index contributed by atoms with van der Waals surface area (Å²) in [6.45, 7) is 0.291. The highest BCUT2D eigenvalue weighted by atomic mass is 32.1. The van der Waals surface area contributed by atoms with Crippen molar-refractivity contribution in [2.45, 2.75) is 6.54 Å². The minimum atomic E-state index is -0.104. The Labute approximate surface area is 106 Å². The zero-order valence-corrected chi connectivity index (χ0v) is 10.1. The maximum atomic E-state index is 12.2. The molecule has 0 aliphatic heterocycles. The monoisotopic (exact) mass is 259 g/mol. The minimum absolute atomic E-state index is 0.104. The smallest absolute Gasteiger partial charge is 0.261 e. The van der Waals surface area contributed by atoms with Crippen LogP contribution in [0.1, 0.15) is 5.69 Å². The zero-order valence-electron chi connectivity index (χ0n) is 9.28. The largest absolute Gasteiger partial charge is 0.388 e. The van der Waals surface area contributed by atoms with Crippen molar-refractivity contribution in [1.29, 1.82) is 0 Å². The van der Waals surface area contributed by atoms with Gasteiger partial charge in [-0.15, -0.1) is 5.10 Å². The highest BCUT2D eigenvalue weighted by Crippen LogP contribution is 2.13. The normalized spacial score (nSPS) is 10.9. The third-order valence-electron chi connectivity index (χ3n) is 2.64. The van der Waals surface area contributed by atoms with Crippen molar-refractivity contribution in [2.75, 3.05) is 5.73 Å². The van der Waals surface area contributed by atoms with Gasteiger partial charge in [0.25, 0.3) is 5.56 Å². The molecule has 7 heteroatoms. The Morgan fingerprint density at radius 2 is 2.17 bits per heavy atom. The Balaban J connectivity index is 2.11. The molecule has 0 saturated heterocycles. The maximum absolute atomic E-state index is 12.2. The summed E-state index contributed by atoms with van der Waals surface area (Å²) in [5.74, 6) is 0. The van der Waals surface area contributed by atoms with Crippen LogP contribution in [0.3, 0.4) is 0 Å². The van der Waals surface area contributed by atoms with Gasteiger partial charge in [0.1, 0.15) is 10.7 Å². The van der Waals surface area contributed by atoms with E-state index in [0.717, 1.165) is 11.5 Å². The van der Waals surface area contributed by atoms with E-state index >= 15 is 0 Å². The SMILES string of the molecule is Nc1snnc1Cn1cnc2ccccc2c1=O. The average Bonchev–Trinajstić information content (AvgIpc) is 2.79. The number of anilines is 1. The van der Waals surface area contributed by atoms with Crippen molar-refractivity contribution in [2.24, 2.45) is 0 Å². The Morgan fingerprint density at radius 1 is 1.33 bits per heavy atom. The Kier molecular flexibility index (Phi) is 2.52. The van der Waals surface area contributed by atoms with Gasteiger partial charge in [-0.1, -0.05) is 16.6 Å². The van der Waals surface area contributed by atoms with Crippen molar-refractivity contribution in [3.05, 3.63) is 46.6 Å².